The molecule has 0 radical (unpaired) electrons. The Morgan fingerprint density at radius 1 is 0.812 bits per heavy atom. The second kappa shape index (κ2) is 18.7. The summed E-state index contributed by atoms with van der Waals surface area (Å²) in [5.74, 6) is -0.971. The van der Waals surface area contributed by atoms with Gasteiger partial charge in [-0.1, -0.05) is 95.0 Å². The zero-order valence-corrected chi connectivity index (χ0v) is 20.2. The van der Waals surface area contributed by atoms with Crippen LogP contribution in [0, 0.1) is 0 Å². The van der Waals surface area contributed by atoms with E-state index in [4.69, 9.17) is 14.6 Å². The van der Waals surface area contributed by atoms with Gasteiger partial charge in [0.05, 0.1) is 12.7 Å². The van der Waals surface area contributed by atoms with Crippen molar-refractivity contribution in [2.75, 3.05) is 0 Å². The van der Waals surface area contributed by atoms with Gasteiger partial charge in [-0.25, -0.2) is 0 Å². The molecule has 0 aliphatic rings. The first-order chi connectivity index (χ1) is 15.5. The van der Waals surface area contributed by atoms with E-state index in [0.29, 0.717) is 6.61 Å². The van der Waals surface area contributed by atoms with Crippen molar-refractivity contribution in [1.82, 2.24) is 0 Å². The number of unbranched alkanes of at least 4 members (excludes halogenated alkanes) is 9. The first kappa shape index (κ1) is 28.2. The number of benzene rings is 1. The Balaban J connectivity index is 2.57. The standard InChI is InChI=1S/C27H44O5/c1-3-4-5-6-8-15-20-26(32-23(2)28)25(31-22-24-17-12-11-13-18-24)19-14-9-7-10-16-21-27(29)30/h11-13,17-18,25-26H,3-10,14-16,19-22H2,1-2H3,(H,29,30). The maximum atomic E-state index is 11.8. The van der Waals surface area contributed by atoms with Crippen LogP contribution in [0.5, 0.6) is 0 Å². The molecule has 0 heterocycles. The first-order valence-corrected chi connectivity index (χ1v) is 12.6. The summed E-state index contributed by atoms with van der Waals surface area (Å²) in [4.78, 5) is 22.4. The van der Waals surface area contributed by atoms with Crippen LogP contribution in [0.3, 0.4) is 0 Å². The maximum absolute atomic E-state index is 11.8. The Labute approximate surface area is 194 Å². The van der Waals surface area contributed by atoms with Crippen molar-refractivity contribution >= 4 is 11.9 Å². The highest BCUT2D eigenvalue weighted by atomic mass is 16.6. The van der Waals surface area contributed by atoms with Crippen LogP contribution in [0.4, 0.5) is 0 Å². The number of hydrogen-bond acceptors (Lipinski definition) is 4. The Kier molecular flexibility index (Phi) is 16.4. The quantitative estimate of drug-likeness (QED) is 0.171. The highest BCUT2D eigenvalue weighted by molar-refractivity contribution is 5.66. The zero-order chi connectivity index (χ0) is 23.4. The number of carbonyl (C=O) groups is 2. The predicted molar refractivity (Wildman–Crippen MR) is 129 cm³/mol. The van der Waals surface area contributed by atoms with Gasteiger partial charge in [-0.2, -0.15) is 0 Å². The van der Waals surface area contributed by atoms with Crippen LogP contribution in [0.15, 0.2) is 30.3 Å². The summed E-state index contributed by atoms with van der Waals surface area (Å²) in [6, 6.07) is 10.1. The minimum Gasteiger partial charge on any atom is -0.481 e. The monoisotopic (exact) mass is 448 g/mol. The molecular weight excluding hydrogens is 404 g/mol. The SMILES string of the molecule is CCCCCCCCC(OC(C)=O)C(CCCCCCCC(=O)O)OCc1ccccc1. The molecule has 0 fully saturated rings. The number of carboxylic acids is 1. The number of carbonyl (C=O) groups excluding carboxylic acids is 1. The molecule has 0 bridgehead atoms. The van der Waals surface area contributed by atoms with Crippen molar-refractivity contribution in [1.29, 1.82) is 0 Å². The van der Waals surface area contributed by atoms with Crippen molar-refractivity contribution in [3.05, 3.63) is 35.9 Å². The minimum absolute atomic E-state index is 0.117. The summed E-state index contributed by atoms with van der Waals surface area (Å²) >= 11 is 0. The average Bonchev–Trinajstić information content (AvgIpc) is 2.77. The molecule has 2 unspecified atom stereocenters. The molecule has 5 heteroatoms. The van der Waals surface area contributed by atoms with Crippen molar-refractivity contribution in [3.8, 4) is 0 Å². The molecule has 0 spiro atoms. The molecule has 0 amide bonds. The molecule has 0 saturated heterocycles. The second-order valence-electron chi connectivity index (χ2n) is 8.74. The molecule has 32 heavy (non-hydrogen) atoms. The fraction of sp³-hybridized carbons (Fsp3) is 0.704. The topological polar surface area (TPSA) is 72.8 Å². The highest BCUT2D eigenvalue weighted by Crippen LogP contribution is 2.21. The molecule has 5 nitrogen and oxygen atoms in total. The van der Waals surface area contributed by atoms with Crippen LogP contribution in [0.25, 0.3) is 0 Å². The molecule has 0 saturated carbocycles. The highest BCUT2D eigenvalue weighted by Gasteiger charge is 2.24. The number of carboxylic acid groups (broad SMARTS) is 1. The lowest BCUT2D eigenvalue weighted by Crippen LogP contribution is -2.33. The Morgan fingerprint density at radius 3 is 1.97 bits per heavy atom. The van der Waals surface area contributed by atoms with Gasteiger partial charge in [-0.05, 0) is 31.2 Å². The molecule has 0 aliphatic heterocycles. The van der Waals surface area contributed by atoms with Gasteiger partial charge in [-0.15, -0.1) is 0 Å². The van der Waals surface area contributed by atoms with E-state index in [1.165, 1.54) is 32.6 Å². The van der Waals surface area contributed by atoms with E-state index in [1.807, 2.05) is 30.3 Å². The van der Waals surface area contributed by atoms with E-state index in [0.717, 1.165) is 63.4 Å². The summed E-state index contributed by atoms with van der Waals surface area (Å²) in [6.45, 7) is 4.21. The third kappa shape index (κ3) is 15.0. The number of ether oxygens (including phenoxy) is 2. The molecule has 1 N–H and O–H groups in total. The number of esters is 1. The summed E-state index contributed by atoms with van der Waals surface area (Å²) in [6.07, 6.45) is 13.5. The van der Waals surface area contributed by atoms with Gasteiger partial charge >= 0.3 is 11.9 Å². The van der Waals surface area contributed by atoms with Gasteiger partial charge < -0.3 is 14.6 Å². The van der Waals surface area contributed by atoms with Crippen molar-refractivity contribution in [3.63, 3.8) is 0 Å². The smallest absolute Gasteiger partial charge is 0.303 e. The third-order valence-corrected chi connectivity index (χ3v) is 5.76. The summed E-state index contributed by atoms with van der Waals surface area (Å²) in [5, 5.41) is 8.75. The van der Waals surface area contributed by atoms with Gasteiger partial charge in [0.1, 0.15) is 6.10 Å². The van der Waals surface area contributed by atoms with Gasteiger partial charge in [0, 0.05) is 13.3 Å². The molecule has 1 aromatic rings. The molecule has 2 atom stereocenters. The van der Waals surface area contributed by atoms with Gasteiger partial charge in [0.2, 0.25) is 0 Å². The molecule has 1 rings (SSSR count). The predicted octanol–water partition coefficient (Wildman–Crippen LogP) is 7.07. The van der Waals surface area contributed by atoms with Gasteiger partial charge in [-0.3, -0.25) is 9.59 Å². The van der Waals surface area contributed by atoms with Crippen LogP contribution in [-0.4, -0.2) is 29.3 Å². The van der Waals surface area contributed by atoms with Crippen molar-refractivity contribution < 1.29 is 24.2 Å². The fourth-order valence-corrected chi connectivity index (χ4v) is 3.97. The van der Waals surface area contributed by atoms with E-state index >= 15 is 0 Å². The third-order valence-electron chi connectivity index (χ3n) is 5.76. The van der Waals surface area contributed by atoms with E-state index in [-0.39, 0.29) is 24.6 Å². The fourth-order valence-electron chi connectivity index (χ4n) is 3.97. The van der Waals surface area contributed by atoms with Crippen LogP contribution >= 0.6 is 0 Å². The maximum Gasteiger partial charge on any atom is 0.303 e. The Bertz CT molecular complexity index is 601. The molecule has 182 valence electrons. The normalized spacial score (nSPS) is 12.9. The Hall–Kier alpha value is -1.88. The Morgan fingerprint density at radius 2 is 1.38 bits per heavy atom. The van der Waals surface area contributed by atoms with Crippen LogP contribution < -0.4 is 0 Å². The van der Waals surface area contributed by atoms with Gasteiger partial charge in [0.15, 0.2) is 0 Å². The summed E-state index contributed by atoms with van der Waals surface area (Å²) < 4.78 is 12.0. The molecule has 0 aromatic heterocycles. The second-order valence-corrected chi connectivity index (χ2v) is 8.74. The summed E-state index contributed by atoms with van der Waals surface area (Å²) in [5.41, 5.74) is 1.12. The van der Waals surface area contributed by atoms with Crippen LogP contribution in [-0.2, 0) is 25.7 Å². The van der Waals surface area contributed by atoms with Crippen LogP contribution in [0.2, 0.25) is 0 Å². The number of aliphatic carboxylic acids is 1. The van der Waals surface area contributed by atoms with Crippen molar-refractivity contribution in [2.45, 2.75) is 123 Å². The molecule has 0 aliphatic carbocycles. The molecule has 1 aromatic carbocycles. The average molecular weight is 449 g/mol. The number of rotatable bonds is 20. The van der Waals surface area contributed by atoms with E-state index in [1.54, 1.807) is 0 Å². The molecular formula is C27H44O5. The van der Waals surface area contributed by atoms with Gasteiger partial charge in [0.25, 0.3) is 0 Å². The lowest BCUT2D eigenvalue weighted by molar-refractivity contribution is -0.157. The zero-order valence-electron chi connectivity index (χ0n) is 20.2. The van der Waals surface area contributed by atoms with Crippen molar-refractivity contribution in [2.24, 2.45) is 0 Å². The lowest BCUT2D eigenvalue weighted by atomic mass is 9.99. The minimum atomic E-state index is -0.724. The lowest BCUT2D eigenvalue weighted by Gasteiger charge is -2.27. The van der Waals surface area contributed by atoms with E-state index < -0.39 is 5.97 Å². The first-order valence-electron chi connectivity index (χ1n) is 12.6. The van der Waals surface area contributed by atoms with Crippen LogP contribution in [0.1, 0.15) is 109 Å². The summed E-state index contributed by atoms with van der Waals surface area (Å²) in [7, 11) is 0. The number of hydrogen-bond donors (Lipinski definition) is 1. The largest absolute Gasteiger partial charge is 0.481 e. The van der Waals surface area contributed by atoms with E-state index in [9.17, 15) is 9.59 Å². The van der Waals surface area contributed by atoms with E-state index in [2.05, 4.69) is 6.92 Å².